The predicted molar refractivity (Wildman–Crippen MR) is 128 cm³/mol. The van der Waals surface area contributed by atoms with Crippen molar-refractivity contribution in [2.45, 2.75) is 45.4 Å². The van der Waals surface area contributed by atoms with Crippen LogP contribution in [0.25, 0.3) is 0 Å². The summed E-state index contributed by atoms with van der Waals surface area (Å²) in [6, 6.07) is 12.4. The Morgan fingerprint density at radius 1 is 1.16 bits per heavy atom. The van der Waals surface area contributed by atoms with Gasteiger partial charge >= 0.3 is 0 Å². The highest BCUT2D eigenvalue weighted by Crippen LogP contribution is 2.23. The molecule has 0 spiro atoms. The quantitative estimate of drug-likeness (QED) is 0.461. The summed E-state index contributed by atoms with van der Waals surface area (Å²) >= 11 is 7.27. The zero-order valence-corrected chi connectivity index (χ0v) is 20.0. The van der Waals surface area contributed by atoms with Crippen molar-refractivity contribution >= 4 is 40.9 Å². The van der Waals surface area contributed by atoms with Gasteiger partial charge in [0.25, 0.3) is 5.91 Å². The molecule has 0 radical (unpaired) electrons. The van der Waals surface area contributed by atoms with E-state index >= 15 is 0 Å². The average molecular weight is 472 g/mol. The van der Waals surface area contributed by atoms with Crippen LogP contribution in [0.3, 0.4) is 0 Å². The molecule has 1 atom stereocenters. The van der Waals surface area contributed by atoms with Crippen molar-refractivity contribution in [2.24, 2.45) is 0 Å². The second-order valence-electron chi connectivity index (χ2n) is 7.45. The van der Waals surface area contributed by atoms with Crippen LogP contribution in [0.4, 0.5) is 5.69 Å². The molecule has 2 amide bonds. The molecule has 1 heterocycles. The van der Waals surface area contributed by atoms with Crippen molar-refractivity contribution in [3.63, 3.8) is 0 Å². The summed E-state index contributed by atoms with van der Waals surface area (Å²) in [6.07, 6.45) is 0. The van der Waals surface area contributed by atoms with Crippen molar-refractivity contribution < 1.29 is 9.59 Å². The number of halogens is 1. The average Bonchev–Trinajstić information content (AvgIpc) is 3.17. The van der Waals surface area contributed by atoms with E-state index in [0.29, 0.717) is 28.1 Å². The molecule has 0 unspecified atom stereocenters. The standard InChI is InChI=1S/C23H26ClN5O2S/c1-5-29-21(16(4)25-22(31)17-8-6-7-14(2)11-17)27-28-23(29)32-13-20(30)26-19-10-9-18(24)12-15(19)3/h6-12,16H,5,13H2,1-4H3,(H,25,31)(H,26,30)/t16-/m0/s1. The molecular formula is C23H26ClN5O2S. The summed E-state index contributed by atoms with van der Waals surface area (Å²) in [5.41, 5.74) is 3.24. The van der Waals surface area contributed by atoms with Gasteiger partial charge in [0.15, 0.2) is 11.0 Å². The van der Waals surface area contributed by atoms with E-state index in [1.165, 1.54) is 11.8 Å². The fourth-order valence-electron chi connectivity index (χ4n) is 3.24. The Morgan fingerprint density at radius 2 is 1.94 bits per heavy atom. The molecule has 0 saturated carbocycles. The van der Waals surface area contributed by atoms with Crippen LogP contribution in [0.15, 0.2) is 47.6 Å². The maximum Gasteiger partial charge on any atom is 0.251 e. The number of nitrogens with zero attached hydrogens (tertiary/aromatic N) is 3. The Labute approximate surface area is 197 Å². The molecule has 0 aliphatic heterocycles. The van der Waals surface area contributed by atoms with Crippen LogP contribution in [0.1, 0.15) is 47.2 Å². The smallest absolute Gasteiger partial charge is 0.251 e. The first-order valence-electron chi connectivity index (χ1n) is 10.3. The summed E-state index contributed by atoms with van der Waals surface area (Å²) in [7, 11) is 0. The number of benzene rings is 2. The zero-order chi connectivity index (χ0) is 23.3. The molecule has 0 bridgehead atoms. The van der Waals surface area contributed by atoms with Gasteiger partial charge in [-0.15, -0.1) is 10.2 Å². The lowest BCUT2D eigenvalue weighted by atomic mass is 10.1. The number of hydrogen-bond acceptors (Lipinski definition) is 5. The number of thioether (sulfide) groups is 1. The first-order chi connectivity index (χ1) is 15.3. The number of nitrogens with one attached hydrogen (secondary N) is 2. The SMILES string of the molecule is CCn1c(SCC(=O)Nc2ccc(Cl)cc2C)nnc1[C@H](C)NC(=O)c1cccc(C)c1. The van der Waals surface area contributed by atoms with Crippen LogP contribution in [-0.2, 0) is 11.3 Å². The van der Waals surface area contributed by atoms with Gasteiger partial charge in [0.05, 0.1) is 11.8 Å². The fourth-order valence-corrected chi connectivity index (χ4v) is 4.27. The van der Waals surface area contributed by atoms with E-state index in [-0.39, 0.29) is 23.6 Å². The first kappa shape index (κ1) is 23.8. The minimum Gasteiger partial charge on any atom is -0.342 e. The highest BCUT2D eigenvalue weighted by Gasteiger charge is 2.20. The van der Waals surface area contributed by atoms with E-state index in [9.17, 15) is 9.59 Å². The molecule has 0 aliphatic rings. The van der Waals surface area contributed by atoms with Crippen molar-refractivity contribution in [2.75, 3.05) is 11.1 Å². The summed E-state index contributed by atoms with van der Waals surface area (Å²) in [5.74, 6) is 0.515. The van der Waals surface area contributed by atoms with E-state index in [0.717, 1.165) is 16.8 Å². The molecule has 2 N–H and O–H groups in total. The molecule has 3 rings (SSSR count). The predicted octanol–water partition coefficient (Wildman–Crippen LogP) is 4.79. The molecule has 1 aromatic heterocycles. The van der Waals surface area contributed by atoms with Crippen LogP contribution >= 0.6 is 23.4 Å². The summed E-state index contributed by atoms with van der Waals surface area (Å²) < 4.78 is 1.91. The highest BCUT2D eigenvalue weighted by atomic mass is 35.5. The molecule has 32 heavy (non-hydrogen) atoms. The van der Waals surface area contributed by atoms with Gasteiger partial charge in [-0.2, -0.15) is 0 Å². The van der Waals surface area contributed by atoms with Crippen LogP contribution in [0, 0.1) is 13.8 Å². The Kier molecular flexibility index (Phi) is 7.93. The fraction of sp³-hybridized carbons (Fsp3) is 0.304. The molecule has 0 aliphatic carbocycles. The number of anilines is 1. The van der Waals surface area contributed by atoms with Crippen LogP contribution in [0.5, 0.6) is 0 Å². The third-order valence-electron chi connectivity index (χ3n) is 4.87. The third-order valence-corrected chi connectivity index (χ3v) is 6.07. The summed E-state index contributed by atoms with van der Waals surface area (Å²) in [5, 5.41) is 15.6. The molecule has 2 aromatic carbocycles. The first-order valence-corrected chi connectivity index (χ1v) is 11.6. The lowest BCUT2D eigenvalue weighted by Crippen LogP contribution is -2.28. The lowest BCUT2D eigenvalue weighted by molar-refractivity contribution is -0.113. The second-order valence-corrected chi connectivity index (χ2v) is 8.82. The van der Waals surface area contributed by atoms with E-state index < -0.39 is 0 Å². The Morgan fingerprint density at radius 3 is 2.62 bits per heavy atom. The van der Waals surface area contributed by atoms with Gasteiger partial charge in [0.1, 0.15) is 0 Å². The van der Waals surface area contributed by atoms with E-state index in [1.54, 1.807) is 24.3 Å². The van der Waals surface area contributed by atoms with Gasteiger partial charge in [-0.3, -0.25) is 9.59 Å². The number of carbonyl (C=O) groups is 2. The summed E-state index contributed by atoms with van der Waals surface area (Å²) in [6.45, 7) is 8.30. The normalized spacial score (nSPS) is 11.8. The molecular weight excluding hydrogens is 446 g/mol. The zero-order valence-electron chi connectivity index (χ0n) is 18.5. The van der Waals surface area contributed by atoms with Gasteiger partial charge in [-0.1, -0.05) is 41.1 Å². The van der Waals surface area contributed by atoms with Crippen LogP contribution in [0.2, 0.25) is 5.02 Å². The molecule has 0 fully saturated rings. The number of amides is 2. The number of rotatable bonds is 8. The maximum atomic E-state index is 12.6. The minimum absolute atomic E-state index is 0.145. The number of aryl methyl sites for hydroxylation is 2. The van der Waals surface area contributed by atoms with Gasteiger partial charge in [0, 0.05) is 22.8 Å². The topological polar surface area (TPSA) is 88.9 Å². The maximum absolute atomic E-state index is 12.6. The second kappa shape index (κ2) is 10.7. The Bertz CT molecular complexity index is 1130. The van der Waals surface area contributed by atoms with E-state index in [2.05, 4.69) is 20.8 Å². The highest BCUT2D eigenvalue weighted by molar-refractivity contribution is 7.99. The van der Waals surface area contributed by atoms with Crippen molar-refractivity contribution in [3.8, 4) is 0 Å². The van der Waals surface area contributed by atoms with E-state index in [4.69, 9.17) is 11.6 Å². The molecule has 0 saturated heterocycles. The van der Waals surface area contributed by atoms with Gasteiger partial charge in [0.2, 0.25) is 5.91 Å². The van der Waals surface area contributed by atoms with Crippen LogP contribution < -0.4 is 10.6 Å². The van der Waals surface area contributed by atoms with E-state index in [1.807, 2.05) is 50.5 Å². The number of hydrogen-bond donors (Lipinski definition) is 2. The molecule has 3 aromatic rings. The molecule has 9 heteroatoms. The number of carbonyl (C=O) groups excluding carboxylic acids is 2. The van der Waals surface area contributed by atoms with Crippen molar-refractivity contribution in [1.82, 2.24) is 20.1 Å². The molecule has 168 valence electrons. The third kappa shape index (κ3) is 5.89. The van der Waals surface area contributed by atoms with Crippen molar-refractivity contribution in [3.05, 3.63) is 70.0 Å². The monoisotopic (exact) mass is 471 g/mol. The largest absolute Gasteiger partial charge is 0.342 e. The summed E-state index contributed by atoms with van der Waals surface area (Å²) in [4.78, 5) is 25.0. The minimum atomic E-state index is -0.338. The van der Waals surface area contributed by atoms with Gasteiger partial charge < -0.3 is 15.2 Å². The number of aromatic nitrogens is 3. The lowest BCUT2D eigenvalue weighted by Gasteiger charge is -2.15. The van der Waals surface area contributed by atoms with Gasteiger partial charge in [-0.25, -0.2) is 0 Å². The molecule has 7 nitrogen and oxygen atoms in total. The Hall–Kier alpha value is -2.84. The van der Waals surface area contributed by atoms with Gasteiger partial charge in [-0.05, 0) is 63.6 Å². The Balaban J connectivity index is 1.63. The van der Waals surface area contributed by atoms with Crippen LogP contribution in [-0.4, -0.2) is 32.3 Å². The van der Waals surface area contributed by atoms with Crippen molar-refractivity contribution in [1.29, 1.82) is 0 Å².